The summed E-state index contributed by atoms with van der Waals surface area (Å²) in [6, 6.07) is 5.16. The molecule has 166 valence electrons. The Hall–Kier alpha value is -2.00. The molecule has 1 aromatic rings. The first-order chi connectivity index (χ1) is 14.0. The molecule has 0 saturated heterocycles. The van der Waals surface area contributed by atoms with Gasteiger partial charge in [-0.3, -0.25) is 14.9 Å². The van der Waals surface area contributed by atoms with E-state index >= 15 is 0 Å². The number of amides is 1. The first-order valence-electron chi connectivity index (χ1n) is 10.6. The zero-order valence-corrected chi connectivity index (χ0v) is 18.6. The van der Waals surface area contributed by atoms with Crippen molar-refractivity contribution < 1.29 is 18.1 Å². The quantitative estimate of drug-likeness (QED) is 0.501. The lowest BCUT2D eigenvalue weighted by Crippen LogP contribution is -2.58. The predicted molar refractivity (Wildman–Crippen MR) is 113 cm³/mol. The molecule has 3 rings (SSSR count). The van der Waals surface area contributed by atoms with Crippen LogP contribution in [-0.4, -0.2) is 30.8 Å². The number of nitrogens with one attached hydrogen (secondary N) is 2. The minimum absolute atomic E-state index is 0.0398. The largest absolute Gasteiger partial charge is 0.351 e. The fraction of sp³-hybridized carbons (Fsp3) is 0.667. The average Bonchev–Trinajstić information content (AvgIpc) is 2.69. The number of nitro groups is 1. The fourth-order valence-corrected chi connectivity index (χ4v) is 6.53. The van der Waals surface area contributed by atoms with Crippen molar-refractivity contribution in [3.8, 4) is 0 Å². The van der Waals surface area contributed by atoms with E-state index in [1.165, 1.54) is 38.5 Å². The molecule has 1 amide bonds. The van der Waals surface area contributed by atoms with Gasteiger partial charge in [0.25, 0.3) is 5.69 Å². The van der Waals surface area contributed by atoms with E-state index in [2.05, 4.69) is 17.0 Å². The summed E-state index contributed by atoms with van der Waals surface area (Å²) < 4.78 is 28.0. The monoisotopic (exact) mass is 437 g/mol. The summed E-state index contributed by atoms with van der Waals surface area (Å²) in [5.41, 5.74) is -1.97. The molecule has 9 heteroatoms. The van der Waals surface area contributed by atoms with E-state index in [4.69, 9.17) is 0 Å². The van der Waals surface area contributed by atoms with Gasteiger partial charge >= 0.3 is 0 Å². The van der Waals surface area contributed by atoms with Gasteiger partial charge in [0.15, 0.2) is 4.90 Å². The van der Waals surface area contributed by atoms with Gasteiger partial charge in [-0.05, 0) is 69.8 Å². The third-order valence-electron chi connectivity index (χ3n) is 6.60. The van der Waals surface area contributed by atoms with Gasteiger partial charge < -0.3 is 5.32 Å². The number of carbonyl (C=O) groups excluding carboxylic acids is 1. The summed E-state index contributed by atoms with van der Waals surface area (Å²) in [6.45, 7) is 5.17. The number of carbonyl (C=O) groups is 1. The van der Waals surface area contributed by atoms with E-state index in [9.17, 15) is 23.3 Å². The van der Waals surface area contributed by atoms with E-state index in [0.717, 1.165) is 44.1 Å². The number of nitrogens with zero attached hydrogens (tertiary/aromatic N) is 1. The van der Waals surface area contributed by atoms with Crippen LogP contribution in [0.25, 0.3) is 0 Å². The molecule has 8 nitrogen and oxygen atoms in total. The van der Waals surface area contributed by atoms with Crippen LogP contribution in [0.15, 0.2) is 29.2 Å². The van der Waals surface area contributed by atoms with Gasteiger partial charge in [-0.2, -0.15) is 4.72 Å². The highest BCUT2D eigenvalue weighted by atomic mass is 32.2. The van der Waals surface area contributed by atoms with Crippen molar-refractivity contribution in [1.82, 2.24) is 10.0 Å². The first kappa shape index (κ1) is 22.7. The Morgan fingerprint density at radius 2 is 1.90 bits per heavy atom. The Morgan fingerprint density at radius 3 is 2.57 bits per heavy atom. The van der Waals surface area contributed by atoms with E-state index in [0.29, 0.717) is 11.8 Å². The third kappa shape index (κ3) is 4.83. The molecule has 2 aliphatic carbocycles. The highest BCUT2D eigenvalue weighted by Gasteiger charge is 2.41. The molecule has 2 bridgehead atoms. The first-order valence-corrected chi connectivity index (χ1v) is 12.1. The van der Waals surface area contributed by atoms with Crippen LogP contribution in [-0.2, 0) is 14.8 Å². The zero-order valence-electron chi connectivity index (χ0n) is 17.8. The van der Waals surface area contributed by atoms with E-state index in [1.807, 2.05) is 0 Å². The maximum atomic E-state index is 13.0. The van der Waals surface area contributed by atoms with Crippen LogP contribution in [0.4, 0.5) is 5.69 Å². The second-order valence-corrected chi connectivity index (χ2v) is 10.9. The van der Waals surface area contributed by atoms with Crippen LogP contribution in [0.3, 0.4) is 0 Å². The van der Waals surface area contributed by atoms with Crippen molar-refractivity contribution in [3.05, 3.63) is 34.4 Å². The smallest absolute Gasteiger partial charge is 0.289 e. The summed E-state index contributed by atoms with van der Waals surface area (Å²) in [5, 5.41) is 14.3. The second kappa shape index (κ2) is 8.63. The van der Waals surface area contributed by atoms with Crippen molar-refractivity contribution in [2.24, 2.45) is 17.8 Å². The summed E-state index contributed by atoms with van der Waals surface area (Å²) >= 11 is 0. The third-order valence-corrected chi connectivity index (χ3v) is 8.30. The highest BCUT2D eigenvalue weighted by Crippen LogP contribution is 2.43. The molecule has 0 heterocycles. The average molecular weight is 438 g/mol. The maximum Gasteiger partial charge on any atom is 0.289 e. The molecule has 2 aliphatic rings. The molecule has 2 N–H and O–H groups in total. The molecule has 2 saturated carbocycles. The Balaban J connectivity index is 1.72. The standard InChI is InChI=1S/C21H31N3O5S/c1-4-14-11-15-9-10-17(16(12-14)13-15)22-20(25)21(2,3)23-30(28,29)19-8-6-5-7-18(19)24(26)27/h5-8,14-17,23H,4,9-13H2,1-3H3,(H,22,25). The van der Waals surface area contributed by atoms with Crippen molar-refractivity contribution in [2.45, 2.75) is 75.8 Å². The van der Waals surface area contributed by atoms with Gasteiger partial charge in [0.2, 0.25) is 15.9 Å². The second-order valence-electron chi connectivity index (χ2n) is 9.22. The molecular weight excluding hydrogens is 406 g/mol. The maximum absolute atomic E-state index is 13.0. The Labute approximate surface area is 178 Å². The van der Waals surface area contributed by atoms with E-state index < -0.39 is 37.0 Å². The molecule has 4 unspecified atom stereocenters. The topological polar surface area (TPSA) is 118 Å². The van der Waals surface area contributed by atoms with Gasteiger partial charge in [-0.1, -0.05) is 25.5 Å². The van der Waals surface area contributed by atoms with Gasteiger partial charge in [0.05, 0.1) is 4.92 Å². The summed E-state index contributed by atoms with van der Waals surface area (Å²) in [5.74, 6) is 1.44. The van der Waals surface area contributed by atoms with Gasteiger partial charge in [-0.25, -0.2) is 8.42 Å². The number of fused-ring (bicyclic) bond motifs is 2. The van der Waals surface area contributed by atoms with Crippen molar-refractivity contribution in [3.63, 3.8) is 0 Å². The molecule has 0 radical (unpaired) electrons. The van der Waals surface area contributed by atoms with Crippen LogP contribution in [0.1, 0.15) is 59.3 Å². The van der Waals surface area contributed by atoms with Gasteiger partial charge in [0.1, 0.15) is 5.54 Å². The molecule has 2 fully saturated rings. The molecule has 30 heavy (non-hydrogen) atoms. The molecule has 0 spiro atoms. The van der Waals surface area contributed by atoms with E-state index in [-0.39, 0.29) is 6.04 Å². The van der Waals surface area contributed by atoms with Crippen LogP contribution in [0, 0.1) is 27.9 Å². The number of rotatable bonds is 7. The molecule has 0 aliphatic heterocycles. The Kier molecular flexibility index (Phi) is 6.52. The minimum atomic E-state index is -4.26. The highest BCUT2D eigenvalue weighted by molar-refractivity contribution is 7.89. The number of benzene rings is 1. The summed E-state index contributed by atoms with van der Waals surface area (Å²) in [4.78, 5) is 23.0. The van der Waals surface area contributed by atoms with Crippen LogP contribution >= 0.6 is 0 Å². The molecular formula is C21H31N3O5S. The Morgan fingerprint density at radius 1 is 1.20 bits per heavy atom. The molecule has 4 atom stereocenters. The predicted octanol–water partition coefficient (Wildman–Crippen LogP) is 3.37. The summed E-state index contributed by atoms with van der Waals surface area (Å²) in [7, 11) is -4.26. The SMILES string of the molecule is CCC1CC2CCC(NC(=O)C(C)(C)NS(=O)(=O)c3ccccc3[N+](=O)[O-])C(C1)C2. The van der Waals surface area contributed by atoms with Crippen LogP contribution < -0.4 is 10.0 Å². The minimum Gasteiger partial charge on any atom is -0.351 e. The van der Waals surface area contributed by atoms with Crippen LogP contribution in [0.2, 0.25) is 0 Å². The van der Waals surface area contributed by atoms with E-state index in [1.54, 1.807) is 0 Å². The molecule has 0 aromatic heterocycles. The lowest BCUT2D eigenvalue weighted by atomic mass is 9.65. The van der Waals surface area contributed by atoms with Crippen molar-refractivity contribution >= 4 is 21.6 Å². The fourth-order valence-electron chi connectivity index (χ4n) is 4.98. The lowest BCUT2D eigenvalue weighted by Gasteiger charge is -2.44. The van der Waals surface area contributed by atoms with Crippen molar-refractivity contribution in [2.75, 3.05) is 0 Å². The summed E-state index contributed by atoms with van der Waals surface area (Å²) in [6.07, 6.45) is 6.62. The van der Waals surface area contributed by atoms with Crippen molar-refractivity contribution in [1.29, 1.82) is 0 Å². The lowest BCUT2D eigenvalue weighted by molar-refractivity contribution is -0.387. The number of hydrogen-bond acceptors (Lipinski definition) is 5. The number of sulfonamides is 1. The number of para-hydroxylation sites is 1. The van der Waals surface area contributed by atoms with Crippen LogP contribution in [0.5, 0.6) is 0 Å². The van der Waals surface area contributed by atoms with Gasteiger partial charge in [0, 0.05) is 12.1 Å². The van der Waals surface area contributed by atoms with Gasteiger partial charge in [-0.15, -0.1) is 0 Å². The zero-order chi connectivity index (χ0) is 22.1. The number of nitro benzene ring substituents is 1. The normalized spacial score (nSPS) is 26.8. The number of hydrogen-bond donors (Lipinski definition) is 2. The Bertz CT molecular complexity index is 915. The molecule has 1 aromatic carbocycles.